The van der Waals surface area contributed by atoms with Crippen molar-refractivity contribution in [1.82, 2.24) is 5.43 Å². The van der Waals surface area contributed by atoms with Crippen LogP contribution in [0.4, 0.5) is 0 Å². The lowest BCUT2D eigenvalue weighted by Crippen LogP contribution is -2.37. The Bertz CT molecular complexity index is 159. The number of nitrogens with one attached hydrogen (secondary N) is 1. The highest BCUT2D eigenvalue weighted by atomic mass is 16.5. The van der Waals surface area contributed by atoms with Crippen molar-refractivity contribution < 1.29 is 9.47 Å². The maximum absolute atomic E-state index is 5.37. The molecule has 0 fully saturated rings. The minimum atomic E-state index is 0.104. The Hall–Kier alpha value is -0.580. The number of hydrazine groups is 1. The van der Waals surface area contributed by atoms with Gasteiger partial charge >= 0.3 is 0 Å². The highest BCUT2D eigenvalue weighted by Gasteiger charge is 2.16. The lowest BCUT2D eigenvalue weighted by atomic mass is 10.2. The lowest BCUT2D eigenvalue weighted by molar-refractivity contribution is 0.164. The summed E-state index contributed by atoms with van der Waals surface area (Å²) in [5.74, 6) is 6.32. The second-order valence-electron chi connectivity index (χ2n) is 2.74. The second kappa shape index (κ2) is 5.13. The van der Waals surface area contributed by atoms with Crippen LogP contribution in [0.1, 0.15) is 12.8 Å². The van der Waals surface area contributed by atoms with E-state index in [1.165, 1.54) is 0 Å². The summed E-state index contributed by atoms with van der Waals surface area (Å²) in [6.45, 7) is 1.47. The predicted molar refractivity (Wildman–Crippen MR) is 46.3 cm³/mol. The van der Waals surface area contributed by atoms with Crippen molar-refractivity contribution >= 4 is 0 Å². The quantitative estimate of drug-likeness (QED) is 0.458. The Morgan fingerprint density at radius 2 is 2.67 bits per heavy atom. The molecule has 0 bridgehead atoms. The van der Waals surface area contributed by atoms with Gasteiger partial charge in [-0.2, -0.15) is 0 Å². The van der Waals surface area contributed by atoms with E-state index >= 15 is 0 Å². The molecule has 4 heteroatoms. The molecule has 70 valence electrons. The Labute approximate surface area is 72.7 Å². The van der Waals surface area contributed by atoms with Crippen LogP contribution in [0.25, 0.3) is 0 Å². The molecule has 0 saturated carbocycles. The van der Waals surface area contributed by atoms with E-state index in [4.69, 9.17) is 15.3 Å². The molecule has 0 aromatic rings. The summed E-state index contributed by atoms with van der Waals surface area (Å²) in [6.07, 6.45) is 3.90. The van der Waals surface area contributed by atoms with Gasteiger partial charge in [-0.1, -0.05) is 0 Å². The SMILES string of the molecule is COCCC(NN)C1=CCCO1. The smallest absolute Gasteiger partial charge is 0.110 e. The van der Waals surface area contributed by atoms with Gasteiger partial charge in [-0.15, -0.1) is 0 Å². The third-order valence-corrected chi connectivity index (χ3v) is 1.89. The van der Waals surface area contributed by atoms with Crippen LogP contribution >= 0.6 is 0 Å². The first-order valence-corrected chi connectivity index (χ1v) is 4.16. The Morgan fingerprint density at radius 1 is 1.83 bits per heavy atom. The Morgan fingerprint density at radius 3 is 3.17 bits per heavy atom. The monoisotopic (exact) mass is 172 g/mol. The van der Waals surface area contributed by atoms with Crippen molar-refractivity contribution in [2.24, 2.45) is 5.84 Å². The molecule has 1 heterocycles. The van der Waals surface area contributed by atoms with E-state index in [1.807, 2.05) is 0 Å². The average molecular weight is 172 g/mol. The van der Waals surface area contributed by atoms with Gasteiger partial charge in [0, 0.05) is 20.1 Å². The van der Waals surface area contributed by atoms with Gasteiger partial charge in [0.25, 0.3) is 0 Å². The van der Waals surface area contributed by atoms with Crippen molar-refractivity contribution in [1.29, 1.82) is 0 Å². The van der Waals surface area contributed by atoms with Crippen LogP contribution in [0, 0.1) is 0 Å². The van der Waals surface area contributed by atoms with E-state index < -0.39 is 0 Å². The van der Waals surface area contributed by atoms with Crippen LogP contribution in [0.15, 0.2) is 11.8 Å². The third-order valence-electron chi connectivity index (χ3n) is 1.89. The molecule has 1 atom stereocenters. The Kier molecular flexibility index (Phi) is 4.07. The maximum atomic E-state index is 5.37. The number of hydrogen-bond donors (Lipinski definition) is 2. The summed E-state index contributed by atoms with van der Waals surface area (Å²) >= 11 is 0. The summed E-state index contributed by atoms with van der Waals surface area (Å²) in [7, 11) is 1.68. The number of rotatable bonds is 5. The van der Waals surface area contributed by atoms with Gasteiger partial charge in [0.05, 0.1) is 12.6 Å². The maximum Gasteiger partial charge on any atom is 0.110 e. The van der Waals surface area contributed by atoms with E-state index in [2.05, 4.69) is 11.5 Å². The van der Waals surface area contributed by atoms with Gasteiger partial charge in [-0.05, 0) is 12.5 Å². The standard InChI is InChI=1S/C8H16N2O2/c1-11-6-4-7(10-9)8-3-2-5-12-8/h3,7,10H,2,4-6,9H2,1H3. The molecule has 0 spiro atoms. The van der Waals surface area contributed by atoms with Crippen LogP contribution < -0.4 is 11.3 Å². The van der Waals surface area contributed by atoms with Gasteiger partial charge < -0.3 is 9.47 Å². The molecule has 0 amide bonds. The van der Waals surface area contributed by atoms with Crippen molar-refractivity contribution in [2.75, 3.05) is 20.3 Å². The van der Waals surface area contributed by atoms with Crippen LogP contribution in [0.3, 0.4) is 0 Å². The molecule has 0 saturated heterocycles. The highest BCUT2D eigenvalue weighted by molar-refractivity contribution is 5.06. The lowest BCUT2D eigenvalue weighted by Gasteiger charge is -2.16. The topological polar surface area (TPSA) is 56.5 Å². The molecule has 1 aliphatic heterocycles. The van der Waals surface area contributed by atoms with Gasteiger partial charge in [-0.3, -0.25) is 5.84 Å². The summed E-state index contributed by atoms with van der Waals surface area (Å²) in [5.41, 5.74) is 2.71. The third kappa shape index (κ3) is 2.48. The van der Waals surface area contributed by atoms with Gasteiger partial charge in [0.2, 0.25) is 0 Å². The predicted octanol–water partition coefficient (Wildman–Crippen LogP) is 0.159. The van der Waals surface area contributed by atoms with E-state index in [0.29, 0.717) is 6.61 Å². The summed E-state index contributed by atoms with van der Waals surface area (Å²) in [4.78, 5) is 0. The normalized spacial score (nSPS) is 18.7. The molecule has 1 rings (SSSR count). The molecule has 0 aromatic heterocycles. The zero-order valence-electron chi connectivity index (χ0n) is 7.38. The molecule has 0 radical (unpaired) electrons. The first-order valence-electron chi connectivity index (χ1n) is 4.16. The number of methoxy groups -OCH3 is 1. The van der Waals surface area contributed by atoms with Gasteiger partial charge in [0.15, 0.2) is 0 Å². The van der Waals surface area contributed by atoms with E-state index in [0.717, 1.165) is 25.2 Å². The second-order valence-corrected chi connectivity index (χ2v) is 2.74. The van der Waals surface area contributed by atoms with Crippen LogP contribution in [0.5, 0.6) is 0 Å². The molecule has 3 N–H and O–H groups in total. The van der Waals surface area contributed by atoms with E-state index in [1.54, 1.807) is 7.11 Å². The molecule has 0 aromatic carbocycles. The summed E-state index contributed by atoms with van der Waals surface area (Å²) in [5, 5.41) is 0. The van der Waals surface area contributed by atoms with Crippen molar-refractivity contribution in [2.45, 2.75) is 18.9 Å². The van der Waals surface area contributed by atoms with Crippen LogP contribution in [0.2, 0.25) is 0 Å². The van der Waals surface area contributed by atoms with Crippen molar-refractivity contribution in [3.05, 3.63) is 11.8 Å². The fourth-order valence-corrected chi connectivity index (χ4v) is 1.22. The van der Waals surface area contributed by atoms with E-state index in [-0.39, 0.29) is 6.04 Å². The zero-order valence-corrected chi connectivity index (χ0v) is 7.38. The van der Waals surface area contributed by atoms with Crippen LogP contribution in [-0.2, 0) is 9.47 Å². The zero-order chi connectivity index (χ0) is 8.81. The number of ether oxygens (including phenoxy) is 2. The van der Waals surface area contributed by atoms with Gasteiger partial charge in [-0.25, -0.2) is 5.43 Å². The molecule has 0 aliphatic carbocycles. The van der Waals surface area contributed by atoms with Crippen LogP contribution in [-0.4, -0.2) is 26.4 Å². The van der Waals surface area contributed by atoms with E-state index in [9.17, 15) is 0 Å². The molecule has 4 nitrogen and oxygen atoms in total. The van der Waals surface area contributed by atoms with Crippen molar-refractivity contribution in [3.8, 4) is 0 Å². The highest BCUT2D eigenvalue weighted by Crippen LogP contribution is 2.14. The Balaban J connectivity index is 2.33. The minimum absolute atomic E-state index is 0.104. The molecular formula is C8H16N2O2. The first kappa shape index (κ1) is 9.51. The van der Waals surface area contributed by atoms with Gasteiger partial charge in [0.1, 0.15) is 5.76 Å². The fourth-order valence-electron chi connectivity index (χ4n) is 1.22. The summed E-state index contributed by atoms with van der Waals surface area (Å²) < 4.78 is 10.3. The molecule has 1 unspecified atom stereocenters. The average Bonchev–Trinajstić information content (AvgIpc) is 2.59. The van der Waals surface area contributed by atoms with Crippen molar-refractivity contribution in [3.63, 3.8) is 0 Å². The fraction of sp³-hybridized carbons (Fsp3) is 0.750. The minimum Gasteiger partial charge on any atom is -0.496 e. The molecule has 1 aliphatic rings. The summed E-state index contributed by atoms with van der Waals surface area (Å²) in [6, 6.07) is 0.104. The molecule has 12 heavy (non-hydrogen) atoms. The number of hydrogen-bond acceptors (Lipinski definition) is 4. The number of nitrogens with two attached hydrogens (primary N) is 1. The largest absolute Gasteiger partial charge is 0.496 e. The first-order chi connectivity index (χ1) is 5.88. The molecular weight excluding hydrogens is 156 g/mol.